The summed E-state index contributed by atoms with van der Waals surface area (Å²) in [6.07, 6.45) is -4.48. The molecular formula is C23H46N2O8. The molecule has 0 radical (unpaired) electrons. The van der Waals surface area contributed by atoms with Crippen molar-refractivity contribution in [2.24, 2.45) is 0 Å². The van der Waals surface area contributed by atoms with Crippen LogP contribution < -0.4 is 10.6 Å². The van der Waals surface area contributed by atoms with Crippen LogP contribution in [0.4, 0.5) is 0 Å². The van der Waals surface area contributed by atoms with Gasteiger partial charge in [0, 0.05) is 12.0 Å². The van der Waals surface area contributed by atoms with Gasteiger partial charge in [-0.3, -0.25) is 14.9 Å². The van der Waals surface area contributed by atoms with Gasteiger partial charge in [0.2, 0.25) is 0 Å². The second-order valence-corrected chi connectivity index (χ2v) is 10.5. The summed E-state index contributed by atoms with van der Waals surface area (Å²) in [5.74, 6) is -0.914. The van der Waals surface area contributed by atoms with E-state index in [4.69, 9.17) is 9.84 Å². The van der Waals surface area contributed by atoms with Gasteiger partial charge in [-0.15, -0.1) is 0 Å². The average Bonchev–Trinajstić information content (AvgIpc) is 2.69. The number of esters is 1. The molecule has 0 saturated heterocycles. The van der Waals surface area contributed by atoms with Crippen LogP contribution in [0.3, 0.4) is 0 Å². The standard InChI is InChI=1S/C23H46N2O8/c1-22(2,3)25-15(21(32)33-23(4,5)6)10-7-8-12-24-13-9-11-16(27)18(29)20(31)19(30)17(28)14-26/h15,17-20,24-26,28-31H,7-14H2,1-6H3. The van der Waals surface area contributed by atoms with Crippen LogP contribution in [-0.4, -0.2) is 98.6 Å². The number of hydrogen-bond donors (Lipinski definition) is 7. The summed E-state index contributed by atoms with van der Waals surface area (Å²) in [6, 6.07) is -0.394. The Morgan fingerprint density at radius 3 is 1.97 bits per heavy atom. The average molecular weight is 479 g/mol. The van der Waals surface area contributed by atoms with Crippen molar-refractivity contribution in [3.63, 3.8) is 0 Å². The van der Waals surface area contributed by atoms with Gasteiger partial charge in [0.15, 0.2) is 5.78 Å². The van der Waals surface area contributed by atoms with Crippen molar-refractivity contribution >= 4 is 11.8 Å². The molecule has 10 heteroatoms. The first-order valence-corrected chi connectivity index (χ1v) is 11.7. The van der Waals surface area contributed by atoms with E-state index in [-0.39, 0.29) is 17.9 Å². The van der Waals surface area contributed by atoms with Crippen molar-refractivity contribution in [1.29, 1.82) is 0 Å². The minimum absolute atomic E-state index is 0.0105. The highest BCUT2D eigenvalue weighted by atomic mass is 16.6. The summed E-state index contributed by atoms with van der Waals surface area (Å²) >= 11 is 0. The molecule has 5 atom stereocenters. The predicted molar refractivity (Wildman–Crippen MR) is 125 cm³/mol. The number of ketones is 1. The normalized spacial score (nSPS) is 17.2. The van der Waals surface area contributed by atoms with E-state index >= 15 is 0 Å². The Balaban J connectivity index is 4.22. The van der Waals surface area contributed by atoms with Crippen molar-refractivity contribution in [2.45, 2.75) is 115 Å². The summed E-state index contributed by atoms with van der Waals surface area (Å²) in [5.41, 5.74) is -0.773. The lowest BCUT2D eigenvalue weighted by atomic mass is 9.98. The molecule has 0 fully saturated rings. The number of ether oxygens (including phenoxy) is 1. The lowest BCUT2D eigenvalue weighted by molar-refractivity contribution is -0.158. The lowest BCUT2D eigenvalue weighted by Gasteiger charge is -2.30. The van der Waals surface area contributed by atoms with Crippen molar-refractivity contribution in [3.05, 3.63) is 0 Å². The molecule has 0 aliphatic heterocycles. The fourth-order valence-corrected chi connectivity index (χ4v) is 3.12. The zero-order valence-corrected chi connectivity index (χ0v) is 21.0. The van der Waals surface area contributed by atoms with E-state index < -0.39 is 48.4 Å². The summed E-state index contributed by atoms with van der Waals surface area (Å²) < 4.78 is 5.52. The van der Waals surface area contributed by atoms with Crippen molar-refractivity contribution in [2.75, 3.05) is 19.7 Å². The fraction of sp³-hybridized carbons (Fsp3) is 0.913. The molecule has 0 rings (SSSR count). The molecule has 196 valence electrons. The first kappa shape index (κ1) is 31.9. The van der Waals surface area contributed by atoms with Gasteiger partial charge in [-0.1, -0.05) is 6.42 Å². The molecule has 0 aliphatic rings. The van der Waals surface area contributed by atoms with Crippen molar-refractivity contribution in [3.8, 4) is 0 Å². The Kier molecular flexibility index (Phi) is 14.5. The quantitative estimate of drug-likeness (QED) is 0.115. The van der Waals surface area contributed by atoms with Gasteiger partial charge in [-0.2, -0.15) is 0 Å². The van der Waals surface area contributed by atoms with Crippen LogP contribution in [0.15, 0.2) is 0 Å². The van der Waals surface area contributed by atoms with Crippen LogP contribution in [0, 0.1) is 0 Å². The van der Waals surface area contributed by atoms with Crippen LogP contribution in [0.2, 0.25) is 0 Å². The van der Waals surface area contributed by atoms with Crippen LogP contribution in [0.1, 0.15) is 73.6 Å². The molecule has 0 heterocycles. The predicted octanol–water partition coefficient (Wildman–Crippen LogP) is -0.370. The minimum Gasteiger partial charge on any atom is -0.459 e. The number of nitrogens with one attached hydrogen (secondary N) is 2. The Bertz CT molecular complexity index is 574. The zero-order chi connectivity index (χ0) is 25.8. The van der Waals surface area contributed by atoms with E-state index in [1.165, 1.54) is 0 Å². The lowest BCUT2D eigenvalue weighted by Crippen LogP contribution is -2.49. The van der Waals surface area contributed by atoms with E-state index in [0.717, 1.165) is 12.8 Å². The number of carbonyl (C=O) groups excluding carboxylic acids is 2. The molecule has 0 bridgehead atoms. The maximum Gasteiger partial charge on any atom is 0.323 e. The number of unbranched alkanes of at least 4 members (excludes halogenated alkanes) is 1. The number of aliphatic hydroxyl groups is 5. The third kappa shape index (κ3) is 14.7. The SMILES string of the molecule is CC(C)(C)NC(CCCCNCCCC(=O)C(O)C(O)C(O)C(O)CO)C(=O)OC(C)(C)C. The molecule has 5 unspecified atom stereocenters. The van der Waals surface area contributed by atoms with Gasteiger partial charge in [0.1, 0.15) is 36.1 Å². The first-order valence-electron chi connectivity index (χ1n) is 11.7. The van der Waals surface area contributed by atoms with Gasteiger partial charge in [0.05, 0.1) is 6.61 Å². The molecule has 10 nitrogen and oxygen atoms in total. The summed E-state index contributed by atoms with van der Waals surface area (Å²) in [6.45, 7) is 11.9. The summed E-state index contributed by atoms with van der Waals surface area (Å²) in [7, 11) is 0. The van der Waals surface area contributed by atoms with Gasteiger partial charge in [-0.05, 0) is 73.9 Å². The van der Waals surface area contributed by atoms with E-state index in [1.54, 1.807) is 0 Å². The van der Waals surface area contributed by atoms with Gasteiger partial charge >= 0.3 is 5.97 Å². The number of rotatable bonds is 16. The number of hydrogen-bond acceptors (Lipinski definition) is 10. The van der Waals surface area contributed by atoms with Gasteiger partial charge < -0.3 is 35.6 Å². The zero-order valence-electron chi connectivity index (χ0n) is 21.0. The molecule has 0 amide bonds. The Labute approximate surface area is 197 Å². The molecular weight excluding hydrogens is 432 g/mol. The molecule has 0 aliphatic carbocycles. The summed E-state index contributed by atoms with van der Waals surface area (Å²) in [5, 5.41) is 53.7. The topological polar surface area (TPSA) is 169 Å². The third-order valence-corrected chi connectivity index (χ3v) is 4.76. The largest absolute Gasteiger partial charge is 0.459 e. The monoisotopic (exact) mass is 478 g/mol. The molecule has 0 saturated carbocycles. The Hall–Kier alpha value is -1.14. The maximum atomic E-state index is 12.5. The number of carbonyl (C=O) groups is 2. The second kappa shape index (κ2) is 15.0. The smallest absolute Gasteiger partial charge is 0.323 e. The van der Waals surface area contributed by atoms with Crippen LogP contribution >= 0.6 is 0 Å². The fourth-order valence-electron chi connectivity index (χ4n) is 3.12. The number of aliphatic hydroxyl groups excluding tert-OH is 5. The van der Waals surface area contributed by atoms with Crippen molar-refractivity contribution in [1.82, 2.24) is 10.6 Å². The molecule has 0 aromatic carbocycles. The maximum absolute atomic E-state index is 12.5. The Morgan fingerprint density at radius 1 is 0.879 bits per heavy atom. The highest BCUT2D eigenvalue weighted by molar-refractivity contribution is 5.83. The van der Waals surface area contributed by atoms with Crippen LogP contribution in [0.25, 0.3) is 0 Å². The Morgan fingerprint density at radius 2 is 1.45 bits per heavy atom. The van der Waals surface area contributed by atoms with E-state index in [2.05, 4.69) is 10.6 Å². The second-order valence-electron chi connectivity index (χ2n) is 10.5. The van der Waals surface area contributed by atoms with Crippen molar-refractivity contribution < 1.29 is 39.9 Å². The number of Topliss-reactive ketones (excluding diaryl/α,β-unsaturated/α-hetero) is 1. The van der Waals surface area contributed by atoms with Crippen LogP contribution in [0.5, 0.6) is 0 Å². The first-order chi connectivity index (χ1) is 15.1. The van der Waals surface area contributed by atoms with E-state index in [0.29, 0.717) is 25.9 Å². The highest BCUT2D eigenvalue weighted by Crippen LogP contribution is 2.14. The van der Waals surface area contributed by atoms with E-state index in [9.17, 15) is 30.0 Å². The minimum atomic E-state index is -1.87. The molecule has 33 heavy (non-hydrogen) atoms. The molecule has 0 spiro atoms. The molecule has 0 aromatic rings. The summed E-state index contributed by atoms with van der Waals surface area (Å²) in [4.78, 5) is 24.4. The molecule has 0 aromatic heterocycles. The van der Waals surface area contributed by atoms with Gasteiger partial charge in [0.25, 0.3) is 0 Å². The highest BCUT2D eigenvalue weighted by Gasteiger charge is 2.33. The van der Waals surface area contributed by atoms with E-state index in [1.807, 2.05) is 41.5 Å². The third-order valence-electron chi connectivity index (χ3n) is 4.76. The van der Waals surface area contributed by atoms with Crippen LogP contribution in [-0.2, 0) is 14.3 Å². The van der Waals surface area contributed by atoms with Gasteiger partial charge in [-0.25, -0.2) is 0 Å². The molecule has 7 N–H and O–H groups in total.